The van der Waals surface area contributed by atoms with E-state index >= 15 is 0 Å². The Morgan fingerprint density at radius 1 is 1.37 bits per heavy atom. The fourth-order valence-corrected chi connectivity index (χ4v) is 3.98. The molecule has 1 saturated heterocycles. The molecule has 102 valence electrons. The Morgan fingerprint density at radius 2 is 2.05 bits per heavy atom. The number of piperidine rings is 1. The molecule has 0 spiro atoms. The Morgan fingerprint density at radius 3 is 2.63 bits per heavy atom. The van der Waals surface area contributed by atoms with E-state index in [0.29, 0.717) is 24.6 Å². The molecule has 2 rings (SSSR count). The van der Waals surface area contributed by atoms with E-state index in [-0.39, 0.29) is 4.90 Å². The molecule has 0 aliphatic carbocycles. The summed E-state index contributed by atoms with van der Waals surface area (Å²) in [5.74, 6) is 0.460. The summed E-state index contributed by atoms with van der Waals surface area (Å²) in [7, 11) is -3.41. The second kappa shape index (κ2) is 5.72. The van der Waals surface area contributed by atoms with E-state index in [1.165, 1.54) is 12.1 Å². The molecule has 5 heteroatoms. The Kier molecular flexibility index (Phi) is 4.23. The van der Waals surface area contributed by atoms with Crippen LogP contribution in [0.15, 0.2) is 29.2 Å². The standard InChI is InChI=1S/C14H18N2O2S/c1-2-12-4-3-9-16(11-12)19(17,18)14-7-5-13(10-15)6-8-14/h5-8,12H,2-4,9,11H2,1H3. The van der Waals surface area contributed by atoms with Gasteiger partial charge in [0, 0.05) is 13.1 Å². The molecule has 19 heavy (non-hydrogen) atoms. The Bertz CT molecular complexity index is 572. The van der Waals surface area contributed by atoms with Gasteiger partial charge >= 0.3 is 0 Å². The van der Waals surface area contributed by atoms with Crippen LogP contribution in [-0.2, 0) is 10.0 Å². The number of benzene rings is 1. The monoisotopic (exact) mass is 278 g/mol. The van der Waals surface area contributed by atoms with Crippen LogP contribution in [0.5, 0.6) is 0 Å². The summed E-state index contributed by atoms with van der Waals surface area (Å²) >= 11 is 0. The van der Waals surface area contributed by atoms with Gasteiger partial charge in [-0.1, -0.05) is 13.3 Å². The van der Waals surface area contributed by atoms with Crippen molar-refractivity contribution in [2.75, 3.05) is 13.1 Å². The van der Waals surface area contributed by atoms with Crippen LogP contribution in [-0.4, -0.2) is 25.8 Å². The third kappa shape index (κ3) is 2.96. The van der Waals surface area contributed by atoms with Crippen LogP contribution in [0, 0.1) is 17.2 Å². The molecule has 1 atom stereocenters. The lowest BCUT2D eigenvalue weighted by Crippen LogP contribution is -2.39. The first-order chi connectivity index (χ1) is 9.07. The van der Waals surface area contributed by atoms with Gasteiger partial charge in [-0.15, -0.1) is 0 Å². The maximum absolute atomic E-state index is 12.5. The molecule has 0 saturated carbocycles. The smallest absolute Gasteiger partial charge is 0.207 e. The van der Waals surface area contributed by atoms with Gasteiger partial charge in [-0.3, -0.25) is 0 Å². The highest BCUT2D eigenvalue weighted by atomic mass is 32.2. The molecule has 0 aromatic heterocycles. The van der Waals surface area contributed by atoms with Crippen molar-refractivity contribution in [3.05, 3.63) is 29.8 Å². The quantitative estimate of drug-likeness (QED) is 0.852. The van der Waals surface area contributed by atoms with Gasteiger partial charge in [0.25, 0.3) is 0 Å². The first-order valence-electron chi connectivity index (χ1n) is 6.58. The lowest BCUT2D eigenvalue weighted by atomic mass is 9.97. The van der Waals surface area contributed by atoms with Crippen LogP contribution < -0.4 is 0 Å². The highest BCUT2D eigenvalue weighted by Crippen LogP contribution is 2.25. The minimum absolute atomic E-state index is 0.281. The van der Waals surface area contributed by atoms with E-state index in [1.807, 2.05) is 6.07 Å². The van der Waals surface area contributed by atoms with Crippen molar-refractivity contribution in [1.29, 1.82) is 5.26 Å². The number of hydrogen-bond acceptors (Lipinski definition) is 3. The fraction of sp³-hybridized carbons (Fsp3) is 0.500. The Balaban J connectivity index is 2.23. The number of nitriles is 1. The van der Waals surface area contributed by atoms with E-state index < -0.39 is 10.0 Å². The van der Waals surface area contributed by atoms with E-state index in [4.69, 9.17) is 5.26 Å². The third-order valence-electron chi connectivity index (χ3n) is 3.68. The molecule has 1 aliphatic heterocycles. The van der Waals surface area contributed by atoms with Crippen molar-refractivity contribution < 1.29 is 8.42 Å². The number of sulfonamides is 1. The second-order valence-electron chi connectivity index (χ2n) is 4.92. The Labute approximate surface area is 114 Å². The zero-order chi connectivity index (χ0) is 13.9. The van der Waals surface area contributed by atoms with Gasteiger partial charge in [0.05, 0.1) is 16.5 Å². The predicted octanol–water partition coefficient (Wildman–Crippen LogP) is 2.37. The van der Waals surface area contributed by atoms with E-state index in [9.17, 15) is 8.42 Å². The Hall–Kier alpha value is -1.38. The van der Waals surface area contributed by atoms with Crippen LogP contribution in [0.4, 0.5) is 0 Å². The van der Waals surface area contributed by atoms with E-state index in [1.54, 1.807) is 16.4 Å². The average molecular weight is 278 g/mol. The third-order valence-corrected chi connectivity index (χ3v) is 5.56. The summed E-state index contributed by atoms with van der Waals surface area (Å²) in [6.45, 7) is 3.31. The molecule has 1 heterocycles. The zero-order valence-electron chi connectivity index (χ0n) is 11.0. The van der Waals surface area contributed by atoms with Crippen LogP contribution in [0.1, 0.15) is 31.7 Å². The van der Waals surface area contributed by atoms with Gasteiger partial charge in [-0.05, 0) is 43.0 Å². The minimum atomic E-state index is -3.41. The molecule has 1 fully saturated rings. The van der Waals surface area contributed by atoms with Crippen molar-refractivity contribution in [1.82, 2.24) is 4.31 Å². The summed E-state index contributed by atoms with van der Waals surface area (Å²) in [6.07, 6.45) is 3.04. The maximum Gasteiger partial charge on any atom is 0.243 e. The molecule has 0 amide bonds. The summed E-state index contributed by atoms with van der Waals surface area (Å²) < 4.78 is 26.6. The zero-order valence-corrected chi connectivity index (χ0v) is 11.9. The molecular weight excluding hydrogens is 260 g/mol. The van der Waals surface area contributed by atoms with Crippen molar-refractivity contribution in [3.8, 4) is 6.07 Å². The van der Waals surface area contributed by atoms with Gasteiger partial charge in [0.2, 0.25) is 10.0 Å². The van der Waals surface area contributed by atoms with Crippen molar-refractivity contribution in [3.63, 3.8) is 0 Å². The topological polar surface area (TPSA) is 61.2 Å². The SMILES string of the molecule is CCC1CCCN(S(=O)(=O)c2ccc(C#N)cc2)C1. The van der Waals surface area contributed by atoms with Crippen LogP contribution >= 0.6 is 0 Å². The highest BCUT2D eigenvalue weighted by Gasteiger charge is 2.29. The first kappa shape index (κ1) is 14.0. The largest absolute Gasteiger partial charge is 0.243 e. The number of nitrogens with zero attached hydrogens (tertiary/aromatic N) is 2. The molecule has 1 unspecified atom stereocenters. The summed E-state index contributed by atoms with van der Waals surface area (Å²) in [4.78, 5) is 0.281. The molecular formula is C14H18N2O2S. The number of hydrogen-bond donors (Lipinski definition) is 0. The van der Waals surface area contributed by atoms with Gasteiger partial charge in [-0.2, -0.15) is 9.57 Å². The fourth-order valence-electron chi connectivity index (χ4n) is 2.43. The van der Waals surface area contributed by atoms with Crippen LogP contribution in [0.3, 0.4) is 0 Å². The molecule has 0 N–H and O–H groups in total. The normalized spacial score (nSPS) is 20.9. The van der Waals surface area contributed by atoms with Gasteiger partial charge in [0.1, 0.15) is 0 Å². The van der Waals surface area contributed by atoms with Crippen LogP contribution in [0.2, 0.25) is 0 Å². The maximum atomic E-state index is 12.5. The average Bonchev–Trinajstić information content (AvgIpc) is 2.47. The molecule has 4 nitrogen and oxygen atoms in total. The number of rotatable bonds is 3. The lowest BCUT2D eigenvalue weighted by Gasteiger charge is -2.31. The summed E-state index contributed by atoms with van der Waals surface area (Å²) in [5, 5.41) is 8.74. The summed E-state index contributed by atoms with van der Waals surface area (Å²) in [5.41, 5.74) is 0.476. The molecule has 1 aromatic rings. The minimum Gasteiger partial charge on any atom is -0.207 e. The van der Waals surface area contributed by atoms with Crippen molar-refractivity contribution in [2.24, 2.45) is 5.92 Å². The highest BCUT2D eigenvalue weighted by molar-refractivity contribution is 7.89. The van der Waals surface area contributed by atoms with E-state index in [0.717, 1.165) is 19.3 Å². The van der Waals surface area contributed by atoms with Crippen molar-refractivity contribution in [2.45, 2.75) is 31.1 Å². The first-order valence-corrected chi connectivity index (χ1v) is 8.02. The lowest BCUT2D eigenvalue weighted by molar-refractivity contribution is 0.261. The summed E-state index contributed by atoms with van der Waals surface area (Å²) in [6, 6.07) is 8.13. The van der Waals surface area contributed by atoms with Crippen LogP contribution in [0.25, 0.3) is 0 Å². The molecule has 1 aromatic carbocycles. The van der Waals surface area contributed by atoms with Gasteiger partial charge in [-0.25, -0.2) is 8.42 Å². The molecule has 0 bridgehead atoms. The van der Waals surface area contributed by atoms with E-state index in [2.05, 4.69) is 6.92 Å². The second-order valence-corrected chi connectivity index (χ2v) is 6.85. The van der Waals surface area contributed by atoms with Gasteiger partial charge in [0.15, 0.2) is 0 Å². The molecule has 0 radical (unpaired) electrons. The van der Waals surface area contributed by atoms with Gasteiger partial charge < -0.3 is 0 Å². The molecule has 1 aliphatic rings. The predicted molar refractivity (Wildman–Crippen MR) is 72.9 cm³/mol. The van der Waals surface area contributed by atoms with Crippen molar-refractivity contribution >= 4 is 10.0 Å².